The minimum absolute atomic E-state index is 0.239. The van der Waals surface area contributed by atoms with Gasteiger partial charge in [-0.05, 0) is 12.1 Å². The minimum atomic E-state index is -0.690. The second-order valence-corrected chi connectivity index (χ2v) is 6.90. The number of hydrogen-bond donors (Lipinski definition) is 2. The molecule has 6 unspecified atom stereocenters. The van der Waals surface area contributed by atoms with E-state index in [9.17, 15) is 4.79 Å². The van der Waals surface area contributed by atoms with Crippen molar-refractivity contribution >= 4 is 5.91 Å². The first-order chi connectivity index (χ1) is 13.7. The molecule has 2 aromatic rings. The van der Waals surface area contributed by atoms with Gasteiger partial charge in [-0.2, -0.15) is 0 Å². The van der Waals surface area contributed by atoms with Gasteiger partial charge in [0.1, 0.15) is 12.2 Å². The van der Waals surface area contributed by atoms with Crippen LogP contribution >= 0.6 is 0 Å². The Hall–Kier alpha value is -2.29. The van der Waals surface area contributed by atoms with E-state index in [1.807, 2.05) is 48.5 Å². The maximum Gasteiger partial charge on any atom is 0.251 e. The molecule has 1 amide bonds. The van der Waals surface area contributed by atoms with Crippen molar-refractivity contribution in [1.29, 1.82) is 0 Å². The zero-order chi connectivity index (χ0) is 19.5. The number of fused-ring (bicyclic) bond motifs is 1. The number of hydrogen-bond acceptors (Lipinski definition) is 6. The van der Waals surface area contributed by atoms with Crippen molar-refractivity contribution < 1.29 is 23.7 Å². The molecule has 0 saturated carbocycles. The summed E-state index contributed by atoms with van der Waals surface area (Å²) in [6.45, 7) is 0.330. The molecule has 2 aliphatic heterocycles. The van der Waals surface area contributed by atoms with E-state index in [0.717, 1.165) is 5.56 Å². The highest BCUT2D eigenvalue weighted by Crippen LogP contribution is 2.33. The van der Waals surface area contributed by atoms with Gasteiger partial charge in [-0.1, -0.05) is 48.5 Å². The lowest BCUT2D eigenvalue weighted by Crippen LogP contribution is -2.69. The van der Waals surface area contributed by atoms with Crippen LogP contribution in [0.2, 0.25) is 0 Å². The molecule has 7 nitrogen and oxygen atoms in total. The largest absolute Gasteiger partial charge is 0.354 e. The Morgan fingerprint density at radius 2 is 1.75 bits per heavy atom. The van der Waals surface area contributed by atoms with Crippen LogP contribution in [0.3, 0.4) is 0 Å². The Balaban J connectivity index is 1.50. The summed E-state index contributed by atoms with van der Waals surface area (Å²) in [5.74, 6) is -0.239. The number of carbonyl (C=O) groups excluding carboxylic acids is 1. The van der Waals surface area contributed by atoms with Gasteiger partial charge in [0.15, 0.2) is 12.6 Å². The molecule has 28 heavy (non-hydrogen) atoms. The predicted octanol–water partition coefficient (Wildman–Crippen LogP) is 1.60. The van der Waals surface area contributed by atoms with Crippen LogP contribution in [-0.4, -0.2) is 50.2 Å². The fourth-order valence-electron chi connectivity index (χ4n) is 3.62. The number of methoxy groups -OCH3 is 1. The summed E-state index contributed by atoms with van der Waals surface area (Å²) in [6.07, 6.45) is -2.03. The maximum absolute atomic E-state index is 12.6. The molecule has 0 bridgehead atoms. The van der Waals surface area contributed by atoms with Crippen LogP contribution in [0, 0.1) is 0 Å². The number of benzene rings is 2. The van der Waals surface area contributed by atoms with E-state index in [1.54, 1.807) is 12.1 Å². The zero-order valence-electron chi connectivity index (χ0n) is 15.6. The molecule has 0 spiro atoms. The minimum Gasteiger partial charge on any atom is -0.354 e. The van der Waals surface area contributed by atoms with Gasteiger partial charge in [0, 0.05) is 18.2 Å². The van der Waals surface area contributed by atoms with Crippen LogP contribution in [0.15, 0.2) is 60.7 Å². The fraction of sp³-hybridized carbons (Fsp3) is 0.381. The van der Waals surface area contributed by atoms with Crippen molar-refractivity contribution in [1.82, 2.24) is 5.32 Å². The Morgan fingerprint density at radius 1 is 1.07 bits per heavy atom. The number of ether oxygens (including phenoxy) is 4. The average Bonchev–Trinajstić information content (AvgIpc) is 2.76. The Morgan fingerprint density at radius 3 is 2.43 bits per heavy atom. The van der Waals surface area contributed by atoms with E-state index in [-0.39, 0.29) is 12.0 Å². The lowest BCUT2D eigenvalue weighted by atomic mass is 9.93. The second kappa shape index (κ2) is 8.38. The highest BCUT2D eigenvalue weighted by molar-refractivity contribution is 5.94. The molecule has 7 heteroatoms. The van der Waals surface area contributed by atoms with Crippen molar-refractivity contribution in [3.8, 4) is 0 Å². The van der Waals surface area contributed by atoms with Crippen LogP contribution < -0.4 is 11.1 Å². The number of amides is 1. The van der Waals surface area contributed by atoms with Crippen LogP contribution in [0.5, 0.6) is 0 Å². The summed E-state index contributed by atoms with van der Waals surface area (Å²) in [7, 11) is 1.52. The summed E-state index contributed by atoms with van der Waals surface area (Å²) >= 11 is 0. The molecule has 0 aromatic heterocycles. The topological polar surface area (TPSA) is 92.0 Å². The van der Waals surface area contributed by atoms with Gasteiger partial charge in [-0.15, -0.1) is 0 Å². The molecule has 148 valence electrons. The quantitative estimate of drug-likeness (QED) is 0.832. The first kappa shape index (κ1) is 19.0. The SMILES string of the molecule is COC1OC2COC(c3ccccc3)OC2C(N)C1NC(=O)c1ccccc1. The molecule has 2 aromatic carbocycles. The third kappa shape index (κ3) is 3.80. The van der Waals surface area contributed by atoms with Crippen molar-refractivity contribution in [2.24, 2.45) is 5.73 Å². The number of rotatable bonds is 4. The van der Waals surface area contributed by atoms with Gasteiger partial charge >= 0.3 is 0 Å². The van der Waals surface area contributed by atoms with Gasteiger partial charge in [0.05, 0.1) is 18.7 Å². The van der Waals surface area contributed by atoms with E-state index in [2.05, 4.69) is 5.32 Å². The van der Waals surface area contributed by atoms with E-state index in [0.29, 0.717) is 12.2 Å². The molecule has 2 fully saturated rings. The number of nitrogens with two attached hydrogens (primary N) is 1. The highest BCUT2D eigenvalue weighted by Gasteiger charge is 2.49. The van der Waals surface area contributed by atoms with E-state index >= 15 is 0 Å². The summed E-state index contributed by atoms with van der Waals surface area (Å²) < 4.78 is 23.4. The Labute approximate surface area is 163 Å². The molecular formula is C21H24N2O5. The lowest BCUT2D eigenvalue weighted by molar-refractivity contribution is -0.322. The Kier molecular flexibility index (Phi) is 5.70. The smallest absolute Gasteiger partial charge is 0.251 e. The van der Waals surface area contributed by atoms with Crippen LogP contribution in [-0.2, 0) is 18.9 Å². The normalized spacial score (nSPS) is 32.4. The average molecular weight is 384 g/mol. The Bertz CT molecular complexity index is 788. The molecule has 6 atom stereocenters. The zero-order valence-corrected chi connectivity index (χ0v) is 15.6. The molecule has 3 N–H and O–H groups in total. The summed E-state index contributed by atoms with van der Waals surface area (Å²) in [4.78, 5) is 12.6. The van der Waals surface area contributed by atoms with E-state index in [1.165, 1.54) is 7.11 Å². The maximum atomic E-state index is 12.6. The molecule has 2 saturated heterocycles. The number of carbonyl (C=O) groups is 1. The molecule has 2 aliphatic rings. The molecule has 0 radical (unpaired) electrons. The van der Waals surface area contributed by atoms with Crippen molar-refractivity contribution in [3.63, 3.8) is 0 Å². The van der Waals surface area contributed by atoms with Crippen molar-refractivity contribution in [2.45, 2.75) is 36.9 Å². The summed E-state index contributed by atoms with van der Waals surface area (Å²) in [5.41, 5.74) is 7.96. The summed E-state index contributed by atoms with van der Waals surface area (Å²) in [6, 6.07) is 17.5. The first-order valence-electron chi connectivity index (χ1n) is 9.29. The molecule has 0 aliphatic carbocycles. The van der Waals surface area contributed by atoms with Crippen LogP contribution in [0.4, 0.5) is 0 Å². The van der Waals surface area contributed by atoms with Crippen molar-refractivity contribution in [2.75, 3.05) is 13.7 Å². The second-order valence-electron chi connectivity index (χ2n) is 6.90. The monoisotopic (exact) mass is 384 g/mol. The van der Waals surface area contributed by atoms with Gasteiger partial charge in [0.2, 0.25) is 0 Å². The molecular weight excluding hydrogens is 360 g/mol. The van der Waals surface area contributed by atoms with Crippen LogP contribution in [0.1, 0.15) is 22.2 Å². The standard InChI is InChI=1S/C21H24N2O5/c1-25-21-17(23-19(24)13-8-4-2-5-9-13)16(22)18-15(27-21)12-26-20(28-18)14-10-6-3-7-11-14/h2-11,15-18,20-21H,12,22H2,1H3,(H,23,24). The van der Waals surface area contributed by atoms with Gasteiger partial charge in [0.25, 0.3) is 5.91 Å². The lowest BCUT2D eigenvalue weighted by Gasteiger charge is -2.48. The van der Waals surface area contributed by atoms with E-state index < -0.39 is 30.8 Å². The third-order valence-electron chi connectivity index (χ3n) is 5.09. The molecule has 4 rings (SSSR count). The van der Waals surface area contributed by atoms with Gasteiger partial charge in [-0.3, -0.25) is 4.79 Å². The van der Waals surface area contributed by atoms with Gasteiger partial charge in [-0.25, -0.2) is 0 Å². The third-order valence-corrected chi connectivity index (χ3v) is 5.09. The fourth-order valence-corrected chi connectivity index (χ4v) is 3.62. The molecule has 2 heterocycles. The van der Waals surface area contributed by atoms with E-state index in [4.69, 9.17) is 24.7 Å². The predicted molar refractivity (Wildman–Crippen MR) is 101 cm³/mol. The van der Waals surface area contributed by atoms with Crippen molar-refractivity contribution in [3.05, 3.63) is 71.8 Å². The first-order valence-corrected chi connectivity index (χ1v) is 9.29. The highest BCUT2D eigenvalue weighted by atomic mass is 16.7. The van der Waals surface area contributed by atoms with Gasteiger partial charge < -0.3 is 30.0 Å². The summed E-state index contributed by atoms with van der Waals surface area (Å²) in [5, 5.41) is 2.94. The van der Waals surface area contributed by atoms with Crippen LogP contribution in [0.25, 0.3) is 0 Å². The number of nitrogens with one attached hydrogen (secondary N) is 1.